The summed E-state index contributed by atoms with van der Waals surface area (Å²) in [5.41, 5.74) is 0.719. The van der Waals surface area contributed by atoms with Crippen molar-refractivity contribution >= 4 is 21.9 Å². The number of aromatic amines is 2. The standard InChI is InChI=1S/C11H7N3O2/c15-8-5-12-9-6-3-1-2-4-7(6)13-11(16)10(9)14-8/h1-5H,(H,13,16)(H,14,15). The van der Waals surface area contributed by atoms with Crippen LogP contribution in [0, 0.1) is 0 Å². The molecule has 3 rings (SSSR count). The van der Waals surface area contributed by atoms with E-state index in [1.54, 1.807) is 6.07 Å². The third-order valence-electron chi connectivity index (χ3n) is 2.45. The molecule has 0 spiro atoms. The van der Waals surface area contributed by atoms with Crippen LogP contribution in [0.2, 0.25) is 0 Å². The lowest BCUT2D eigenvalue weighted by molar-refractivity contribution is 1.19. The first kappa shape index (κ1) is 8.84. The quantitative estimate of drug-likeness (QED) is 0.541. The van der Waals surface area contributed by atoms with Crippen molar-refractivity contribution in [3.8, 4) is 0 Å². The SMILES string of the molecule is O=c1cnc2c([nH]1)c(=O)[nH]c1ccccc12. The second kappa shape index (κ2) is 3.03. The number of pyridine rings is 1. The number of hydrogen-bond donors (Lipinski definition) is 2. The molecular weight excluding hydrogens is 206 g/mol. The second-order valence-corrected chi connectivity index (χ2v) is 3.47. The van der Waals surface area contributed by atoms with Gasteiger partial charge in [0.2, 0.25) is 0 Å². The van der Waals surface area contributed by atoms with Crippen molar-refractivity contribution in [3.63, 3.8) is 0 Å². The van der Waals surface area contributed by atoms with Gasteiger partial charge in [-0.3, -0.25) is 9.59 Å². The Labute approximate surface area is 88.8 Å². The highest BCUT2D eigenvalue weighted by molar-refractivity contribution is 6.00. The van der Waals surface area contributed by atoms with E-state index in [1.807, 2.05) is 18.2 Å². The second-order valence-electron chi connectivity index (χ2n) is 3.47. The number of rotatable bonds is 0. The van der Waals surface area contributed by atoms with E-state index < -0.39 is 0 Å². The fourth-order valence-corrected chi connectivity index (χ4v) is 1.75. The highest BCUT2D eigenvalue weighted by Gasteiger charge is 2.05. The molecular formula is C11H7N3O2. The van der Waals surface area contributed by atoms with E-state index in [1.165, 1.54) is 6.20 Å². The van der Waals surface area contributed by atoms with Gasteiger partial charge in [-0.05, 0) is 6.07 Å². The van der Waals surface area contributed by atoms with Crippen molar-refractivity contribution in [2.75, 3.05) is 0 Å². The molecule has 0 bridgehead atoms. The maximum atomic E-state index is 11.7. The average Bonchev–Trinajstić information content (AvgIpc) is 2.29. The Morgan fingerprint density at radius 3 is 2.75 bits per heavy atom. The minimum absolute atomic E-state index is 0.214. The Balaban J connectivity index is 2.70. The van der Waals surface area contributed by atoms with E-state index in [0.717, 1.165) is 5.39 Å². The van der Waals surface area contributed by atoms with Crippen molar-refractivity contribution < 1.29 is 0 Å². The lowest BCUT2D eigenvalue weighted by Gasteiger charge is -2.00. The normalized spacial score (nSPS) is 11.0. The molecule has 0 radical (unpaired) electrons. The average molecular weight is 213 g/mol. The lowest BCUT2D eigenvalue weighted by atomic mass is 10.2. The Bertz CT molecular complexity index is 801. The Kier molecular flexibility index (Phi) is 1.67. The van der Waals surface area contributed by atoms with Crippen LogP contribution >= 0.6 is 0 Å². The summed E-state index contributed by atoms with van der Waals surface area (Å²) >= 11 is 0. The van der Waals surface area contributed by atoms with Crippen molar-refractivity contribution in [1.29, 1.82) is 0 Å². The molecule has 0 atom stereocenters. The first-order valence-electron chi connectivity index (χ1n) is 4.76. The van der Waals surface area contributed by atoms with E-state index in [0.29, 0.717) is 11.0 Å². The number of para-hydroxylation sites is 1. The van der Waals surface area contributed by atoms with Gasteiger partial charge >= 0.3 is 0 Å². The summed E-state index contributed by atoms with van der Waals surface area (Å²) in [5.74, 6) is 0. The maximum Gasteiger partial charge on any atom is 0.274 e. The van der Waals surface area contributed by atoms with E-state index in [4.69, 9.17) is 0 Å². The van der Waals surface area contributed by atoms with Crippen LogP contribution < -0.4 is 11.1 Å². The fraction of sp³-hybridized carbons (Fsp3) is 0. The summed E-state index contributed by atoms with van der Waals surface area (Å²) in [6, 6.07) is 7.32. The highest BCUT2D eigenvalue weighted by atomic mass is 16.1. The van der Waals surface area contributed by atoms with Gasteiger partial charge in [0.1, 0.15) is 11.0 Å². The number of nitrogens with one attached hydrogen (secondary N) is 2. The molecule has 16 heavy (non-hydrogen) atoms. The molecule has 5 nitrogen and oxygen atoms in total. The minimum atomic E-state index is -0.381. The number of nitrogens with zero attached hydrogens (tertiary/aromatic N) is 1. The molecule has 1 aromatic carbocycles. The van der Waals surface area contributed by atoms with Crippen molar-refractivity contribution in [1.82, 2.24) is 15.0 Å². The first-order valence-corrected chi connectivity index (χ1v) is 4.76. The van der Waals surface area contributed by atoms with Gasteiger partial charge in [-0.2, -0.15) is 0 Å². The van der Waals surface area contributed by atoms with Gasteiger partial charge in [0.15, 0.2) is 0 Å². The fourth-order valence-electron chi connectivity index (χ4n) is 1.75. The molecule has 0 saturated heterocycles. The molecule has 3 aromatic rings. The maximum absolute atomic E-state index is 11.7. The van der Waals surface area contributed by atoms with E-state index in [-0.39, 0.29) is 16.6 Å². The van der Waals surface area contributed by atoms with Crippen molar-refractivity contribution in [2.45, 2.75) is 0 Å². The van der Waals surface area contributed by atoms with Crippen LogP contribution in [0.3, 0.4) is 0 Å². The van der Waals surface area contributed by atoms with Crippen LogP contribution in [0.5, 0.6) is 0 Å². The van der Waals surface area contributed by atoms with Crippen LogP contribution in [0.1, 0.15) is 0 Å². The van der Waals surface area contributed by atoms with Gasteiger partial charge in [-0.15, -0.1) is 0 Å². The third kappa shape index (κ3) is 1.15. The Morgan fingerprint density at radius 2 is 1.88 bits per heavy atom. The summed E-state index contributed by atoms with van der Waals surface area (Å²) < 4.78 is 0. The summed E-state index contributed by atoms with van der Waals surface area (Å²) in [4.78, 5) is 32.0. The molecule has 0 saturated carbocycles. The summed E-state index contributed by atoms with van der Waals surface area (Å²) in [5, 5.41) is 0.813. The van der Waals surface area contributed by atoms with Gasteiger partial charge in [0, 0.05) is 5.39 Å². The molecule has 0 aliphatic carbocycles. The predicted molar refractivity (Wildman–Crippen MR) is 60.5 cm³/mol. The van der Waals surface area contributed by atoms with Crippen molar-refractivity contribution in [3.05, 3.63) is 51.2 Å². The van der Waals surface area contributed by atoms with Crippen LogP contribution in [0.25, 0.3) is 21.9 Å². The lowest BCUT2D eigenvalue weighted by Crippen LogP contribution is -2.15. The Hall–Kier alpha value is -2.43. The molecule has 0 aliphatic heterocycles. The summed E-state index contributed by atoms with van der Waals surface area (Å²) in [6.07, 6.45) is 1.17. The van der Waals surface area contributed by atoms with Gasteiger partial charge in [0.05, 0.1) is 11.7 Å². The third-order valence-corrected chi connectivity index (χ3v) is 2.45. The largest absolute Gasteiger partial charge is 0.320 e. The van der Waals surface area contributed by atoms with Crippen LogP contribution in [0.4, 0.5) is 0 Å². The number of fused-ring (bicyclic) bond motifs is 3. The molecule has 2 aromatic heterocycles. The van der Waals surface area contributed by atoms with Crippen LogP contribution in [-0.2, 0) is 0 Å². The predicted octanol–water partition coefficient (Wildman–Crippen LogP) is 0.765. The summed E-state index contributed by atoms with van der Waals surface area (Å²) in [7, 11) is 0. The number of aromatic nitrogens is 3. The van der Waals surface area contributed by atoms with Gasteiger partial charge in [0.25, 0.3) is 11.1 Å². The molecule has 5 heteroatoms. The molecule has 2 heterocycles. The zero-order valence-electron chi connectivity index (χ0n) is 8.15. The monoisotopic (exact) mass is 213 g/mol. The van der Waals surface area contributed by atoms with Crippen molar-refractivity contribution in [2.24, 2.45) is 0 Å². The van der Waals surface area contributed by atoms with Gasteiger partial charge < -0.3 is 9.97 Å². The number of hydrogen-bond acceptors (Lipinski definition) is 3. The highest BCUT2D eigenvalue weighted by Crippen LogP contribution is 2.15. The molecule has 0 aliphatic rings. The molecule has 0 fully saturated rings. The molecule has 0 amide bonds. The van der Waals surface area contributed by atoms with Gasteiger partial charge in [-0.1, -0.05) is 18.2 Å². The smallest absolute Gasteiger partial charge is 0.274 e. The van der Waals surface area contributed by atoms with Crippen LogP contribution in [0.15, 0.2) is 40.1 Å². The number of H-pyrrole nitrogens is 2. The Morgan fingerprint density at radius 1 is 1.06 bits per heavy atom. The summed E-state index contributed by atoms with van der Waals surface area (Å²) in [6.45, 7) is 0. The first-order chi connectivity index (χ1) is 7.75. The van der Waals surface area contributed by atoms with Gasteiger partial charge in [-0.25, -0.2) is 4.98 Å². The minimum Gasteiger partial charge on any atom is -0.320 e. The molecule has 0 unspecified atom stereocenters. The molecule has 2 N–H and O–H groups in total. The topological polar surface area (TPSA) is 78.6 Å². The van der Waals surface area contributed by atoms with E-state index in [9.17, 15) is 9.59 Å². The number of benzene rings is 1. The van der Waals surface area contributed by atoms with E-state index >= 15 is 0 Å². The van der Waals surface area contributed by atoms with E-state index in [2.05, 4.69) is 15.0 Å². The zero-order chi connectivity index (χ0) is 11.1. The van der Waals surface area contributed by atoms with Crippen LogP contribution in [-0.4, -0.2) is 15.0 Å². The molecule has 78 valence electrons. The zero-order valence-corrected chi connectivity index (χ0v) is 8.15.